The van der Waals surface area contributed by atoms with E-state index in [0.717, 1.165) is 67.9 Å². The highest BCUT2D eigenvalue weighted by atomic mass is 14.8. The first-order chi connectivity index (χ1) is 27.7. The Morgan fingerprint density at radius 1 is 0.300 bits per heavy atom. The van der Waals surface area contributed by atoms with Crippen LogP contribution in [0.25, 0.3) is 22.3 Å². The molecule has 0 spiro atoms. The van der Waals surface area contributed by atoms with Crippen molar-refractivity contribution in [3.63, 3.8) is 0 Å². The van der Waals surface area contributed by atoms with Gasteiger partial charge in [-0.1, -0.05) is 24.3 Å². The van der Waals surface area contributed by atoms with Crippen molar-refractivity contribution in [1.82, 2.24) is 0 Å². The minimum absolute atomic E-state index is 0.563. The number of hydrogen-bond donors (Lipinski definition) is 8. The summed E-state index contributed by atoms with van der Waals surface area (Å²) < 4.78 is 0. The summed E-state index contributed by atoms with van der Waals surface area (Å²) in [6.45, 7) is 30.0. The molecule has 0 amide bonds. The number of nitrogens with two attached hydrogens (primary N) is 4. The van der Waals surface area contributed by atoms with Gasteiger partial charge in [-0.25, -0.2) is 0 Å². The van der Waals surface area contributed by atoms with Crippen molar-refractivity contribution in [1.29, 1.82) is 21.6 Å². The number of nitrogens with zero attached hydrogens (tertiary/aromatic N) is 4. The Hall–Kier alpha value is -6.56. The second kappa shape index (κ2) is 28.8. The van der Waals surface area contributed by atoms with Crippen LogP contribution in [0.15, 0.2) is 92.8 Å². The van der Waals surface area contributed by atoms with Crippen LogP contribution in [0.3, 0.4) is 0 Å². The van der Waals surface area contributed by atoms with E-state index in [-0.39, 0.29) is 0 Å². The van der Waals surface area contributed by atoms with Gasteiger partial charge in [0.2, 0.25) is 0 Å². The third-order valence-electron chi connectivity index (χ3n) is 6.17. The molecule has 0 fully saturated rings. The fourth-order valence-corrected chi connectivity index (χ4v) is 4.25. The van der Waals surface area contributed by atoms with Crippen molar-refractivity contribution in [2.24, 2.45) is 20.0 Å². The second-order valence-corrected chi connectivity index (χ2v) is 15.3. The van der Waals surface area contributed by atoms with E-state index in [9.17, 15) is 0 Å². The first-order valence-electron chi connectivity index (χ1n) is 19.4. The van der Waals surface area contributed by atoms with Crippen LogP contribution in [-0.4, -0.2) is 45.7 Å². The number of aliphatic imine (C=N–C) groups is 4. The Balaban J connectivity index is 0. The molecule has 0 aliphatic carbocycles. The molecule has 12 N–H and O–H groups in total. The smallest absolute Gasteiger partial charge is 0.0891 e. The fraction of sp³-hybridized carbons (Fsp3) is 0.333. The molecule has 12 nitrogen and oxygen atoms in total. The third kappa shape index (κ3) is 27.1. The van der Waals surface area contributed by atoms with Gasteiger partial charge in [0.15, 0.2) is 0 Å². The van der Waals surface area contributed by atoms with E-state index in [1.54, 1.807) is 67.5 Å². The van der Waals surface area contributed by atoms with Crippen molar-refractivity contribution >= 4 is 91.2 Å². The molecule has 0 aliphatic rings. The van der Waals surface area contributed by atoms with E-state index in [0.29, 0.717) is 45.6 Å². The number of hydrogen-bond acceptors (Lipinski definition) is 12. The van der Waals surface area contributed by atoms with Crippen LogP contribution in [0.2, 0.25) is 0 Å². The molecule has 0 saturated carbocycles. The van der Waals surface area contributed by atoms with E-state index >= 15 is 0 Å². The van der Waals surface area contributed by atoms with E-state index in [2.05, 4.69) is 44.2 Å². The Morgan fingerprint density at radius 2 is 0.500 bits per heavy atom. The Bertz CT molecular complexity index is 1980. The minimum atomic E-state index is 0.563. The van der Waals surface area contributed by atoms with Gasteiger partial charge in [-0.2, -0.15) is 0 Å². The van der Waals surface area contributed by atoms with Gasteiger partial charge in [0.1, 0.15) is 0 Å². The lowest BCUT2D eigenvalue weighted by molar-refractivity contribution is 1.39. The lowest BCUT2D eigenvalue weighted by atomic mass is 10.0. The molecule has 60 heavy (non-hydrogen) atoms. The summed E-state index contributed by atoms with van der Waals surface area (Å²) in [5.74, 6) is 0. The SMILES string of the molecule is CC(C)=N.CC(C)=N.CC(C)=N.CC(C)=N.CC(C)=Nc1ccc(-c2ccc(N=C(C)C)c(N=C(C)C)c2)cc1N=C(C)C.Nc1ccc(-c2ccc(N)c(N)c2)cc1N. The molecule has 0 saturated heterocycles. The Kier molecular flexibility index (Phi) is 26.6. The van der Waals surface area contributed by atoms with E-state index < -0.39 is 0 Å². The summed E-state index contributed by atoms with van der Waals surface area (Å²) >= 11 is 0. The van der Waals surface area contributed by atoms with Crippen molar-refractivity contribution in [2.75, 3.05) is 22.9 Å². The Labute approximate surface area is 360 Å². The van der Waals surface area contributed by atoms with E-state index in [4.69, 9.17) is 44.6 Å². The van der Waals surface area contributed by atoms with Crippen LogP contribution in [0.5, 0.6) is 0 Å². The second-order valence-electron chi connectivity index (χ2n) is 15.3. The molecule has 0 bridgehead atoms. The molecular weight excluding hydrogens is 745 g/mol. The molecule has 4 rings (SSSR count). The lowest BCUT2D eigenvalue weighted by Gasteiger charge is -2.10. The van der Waals surface area contributed by atoms with Gasteiger partial charge in [-0.3, -0.25) is 20.0 Å². The molecule has 4 aromatic carbocycles. The molecule has 0 heterocycles. The number of anilines is 4. The number of benzene rings is 4. The van der Waals surface area contributed by atoms with Crippen molar-refractivity contribution in [3.05, 3.63) is 72.8 Å². The van der Waals surface area contributed by atoms with Crippen LogP contribution >= 0.6 is 0 Å². The van der Waals surface area contributed by atoms with Gasteiger partial charge >= 0.3 is 0 Å². The Morgan fingerprint density at radius 3 is 0.717 bits per heavy atom. The average molecular weight is 817 g/mol. The molecule has 0 radical (unpaired) electrons. The standard InChI is InChI=1S/C24H30N4.C12H14N4.4C3H7N/c1-15(2)25-21-11-9-19(13-23(21)27-17(5)6)20-10-12-22(26-16(3)4)24(14-20)28-18(7)8;13-9-3-1-7(5-11(9)15)8-2-4-10(14)12(16)6-8;4*1-3(2)4/h9-14H,1-8H3;1-6H,13-16H2;4*4H,1-2H3. The average Bonchev–Trinajstić information content (AvgIpc) is 3.07. The van der Waals surface area contributed by atoms with Crippen LogP contribution in [-0.2, 0) is 0 Å². The summed E-state index contributed by atoms with van der Waals surface area (Å²) in [6.07, 6.45) is 0. The lowest BCUT2D eigenvalue weighted by Crippen LogP contribution is -1.96. The van der Waals surface area contributed by atoms with Gasteiger partial charge < -0.3 is 44.6 Å². The van der Waals surface area contributed by atoms with E-state index in [1.165, 1.54) is 0 Å². The summed E-state index contributed by atoms with van der Waals surface area (Å²) in [5.41, 5.74) is 39.4. The van der Waals surface area contributed by atoms with Crippen LogP contribution in [0, 0.1) is 21.6 Å². The largest absolute Gasteiger partial charge is 0.397 e. The minimum Gasteiger partial charge on any atom is -0.397 e. The van der Waals surface area contributed by atoms with Crippen molar-refractivity contribution < 1.29 is 0 Å². The predicted molar refractivity (Wildman–Crippen MR) is 271 cm³/mol. The maximum absolute atomic E-state index is 6.50. The van der Waals surface area contributed by atoms with Gasteiger partial charge in [-0.15, -0.1) is 0 Å². The topological polar surface area (TPSA) is 249 Å². The maximum atomic E-state index is 6.50. The zero-order valence-electron chi connectivity index (χ0n) is 39.0. The summed E-state index contributed by atoms with van der Waals surface area (Å²) in [4.78, 5) is 18.6. The zero-order chi connectivity index (χ0) is 46.9. The normalized spacial score (nSPS) is 9.20. The van der Waals surface area contributed by atoms with Crippen molar-refractivity contribution in [3.8, 4) is 22.3 Å². The highest BCUT2D eigenvalue weighted by Crippen LogP contribution is 2.38. The fourth-order valence-electron chi connectivity index (χ4n) is 4.25. The molecule has 324 valence electrons. The number of nitrogen functional groups attached to an aromatic ring is 4. The first-order valence-corrected chi connectivity index (χ1v) is 19.4. The highest BCUT2D eigenvalue weighted by molar-refractivity contribution is 5.91. The summed E-state index contributed by atoms with van der Waals surface area (Å²) in [5, 5.41) is 26.0. The number of rotatable bonds is 6. The van der Waals surface area contributed by atoms with Crippen LogP contribution in [0.4, 0.5) is 45.5 Å². The maximum Gasteiger partial charge on any atom is 0.0891 e. The van der Waals surface area contributed by atoms with Gasteiger partial charge in [0, 0.05) is 45.7 Å². The molecule has 0 atom stereocenters. The molecular formula is C48H72N12. The molecule has 0 aromatic heterocycles. The predicted octanol–water partition coefficient (Wildman–Crippen LogP) is 13.7. The summed E-state index contributed by atoms with van der Waals surface area (Å²) in [6, 6.07) is 23.4. The zero-order valence-corrected chi connectivity index (χ0v) is 39.0. The van der Waals surface area contributed by atoms with Crippen LogP contribution in [0.1, 0.15) is 111 Å². The highest BCUT2D eigenvalue weighted by Gasteiger charge is 2.09. The van der Waals surface area contributed by atoms with E-state index in [1.807, 2.05) is 91.8 Å². The molecule has 0 aliphatic heterocycles. The van der Waals surface area contributed by atoms with Gasteiger partial charge in [0.05, 0.1) is 45.5 Å². The monoisotopic (exact) mass is 817 g/mol. The van der Waals surface area contributed by atoms with Crippen molar-refractivity contribution in [2.45, 2.75) is 111 Å². The number of nitrogens with one attached hydrogen (secondary N) is 4. The molecule has 0 unspecified atom stereocenters. The van der Waals surface area contributed by atoms with Gasteiger partial charge in [0.25, 0.3) is 0 Å². The van der Waals surface area contributed by atoms with Crippen LogP contribution < -0.4 is 22.9 Å². The molecule has 12 heteroatoms. The molecule has 4 aromatic rings. The first kappa shape index (κ1) is 55.5. The quantitative estimate of drug-likeness (QED) is 0.0698. The third-order valence-corrected chi connectivity index (χ3v) is 6.17. The van der Waals surface area contributed by atoms with Gasteiger partial charge in [-0.05, 0) is 182 Å². The summed E-state index contributed by atoms with van der Waals surface area (Å²) in [7, 11) is 0.